The third-order valence-electron chi connectivity index (χ3n) is 4.20. The van der Waals surface area contributed by atoms with E-state index in [2.05, 4.69) is 10.9 Å². The summed E-state index contributed by atoms with van der Waals surface area (Å²) in [6.45, 7) is 0. The highest BCUT2D eigenvalue weighted by Gasteiger charge is 2.41. The molecule has 124 valence electrons. The summed E-state index contributed by atoms with van der Waals surface area (Å²) in [6, 6.07) is 6.45. The minimum Gasteiger partial charge on any atom is -0.481 e. The number of carbonyl (C=O) groups excluding carboxylic acids is 2. The average molecular weight is 339 g/mol. The fourth-order valence-electron chi connectivity index (χ4n) is 2.89. The Hall–Kier alpha value is -2.08. The van der Waals surface area contributed by atoms with Crippen molar-refractivity contribution in [3.63, 3.8) is 0 Å². The number of hydrazine groups is 1. The summed E-state index contributed by atoms with van der Waals surface area (Å²) < 4.78 is 0. The topological polar surface area (TPSA) is 95.5 Å². The van der Waals surface area contributed by atoms with Gasteiger partial charge < -0.3 is 5.11 Å². The Bertz CT molecular complexity index is 612. The van der Waals surface area contributed by atoms with Crippen LogP contribution in [0.5, 0.6) is 0 Å². The molecule has 0 aromatic heterocycles. The van der Waals surface area contributed by atoms with Gasteiger partial charge in [-0.05, 0) is 25.0 Å². The molecule has 2 amide bonds. The quantitative estimate of drug-likeness (QED) is 0.735. The highest BCUT2D eigenvalue weighted by atomic mass is 35.5. The summed E-state index contributed by atoms with van der Waals surface area (Å²) in [7, 11) is 0. The Labute approximate surface area is 139 Å². The molecule has 0 bridgehead atoms. The first kappa shape index (κ1) is 17.3. The van der Waals surface area contributed by atoms with Crippen LogP contribution < -0.4 is 10.9 Å². The van der Waals surface area contributed by atoms with Crippen molar-refractivity contribution in [2.75, 3.05) is 0 Å². The maximum Gasteiger partial charge on any atom is 0.310 e. The van der Waals surface area contributed by atoms with Gasteiger partial charge in [0.25, 0.3) is 5.91 Å². The van der Waals surface area contributed by atoms with E-state index in [0.29, 0.717) is 12.8 Å². The number of carboxylic acids is 1. The molecule has 2 rings (SSSR count). The minimum atomic E-state index is -1.03. The molecule has 3 N–H and O–H groups in total. The van der Waals surface area contributed by atoms with Gasteiger partial charge in [-0.15, -0.1) is 0 Å². The van der Waals surface area contributed by atoms with E-state index in [-0.39, 0.29) is 17.0 Å². The molecular weight excluding hydrogens is 320 g/mol. The summed E-state index contributed by atoms with van der Waals surface area (Å²) in [5, 5.41) is 9.72. The van der Waals surface area contributed by atoms with E-state index in [0.717, 1.165) is 19.3 Å². The van der Waals surface area contributed by atoms with Gasteiger partial charge in [0.05, 0.1) is 16.0 Å². The third-order valence-corrected chi connectivity index (χ3v) is 4.53. The van der Waals surface area contributed by atoms with Gasteiger partial charge in [0, 0.05) is 6.42 Å². The molecule has 1 aliphatic rings. The third kappa shape index (κ3) is 4.22. The summed E-state index contributed by atoms with van der Waals surface area (Å²) >= 11 is 5.90. The van der Waals surface area contributed by atoms with Gasteiger partial charge in [-0.1, -0.05) is 43.0 Å². The first-order valence-corrected chi connectivity index (χ1v) is 7.89. The highest BCUT2D eigenvalue weighted by molar-refractivity contribution is 6.33. The first-order valence-electron chi connectivity index (χ1n) is 7.52. The van der Waals surface area contributed by atoms with Crippen LogP contribution in [0.25, 0.3) is 0 Å². The van der Waals surface area contributed by atoms with Crippen LogP contribution in [-0.2, 0) is 9.59 Å². The molecule has 23 heavy (non-hydrogen) atoms. The highest BCUT2D eigenvalue weighted by Crippen LogP contribution is 2.39. The molecule has 0 spiro atoms. The fourth-order valence-corrected chi connectivity index (χ4v) is 3.11. The average Bonchev–Trinajstić information content (AvgIpc) is 2.54. The molecule has 0 aliphatic heterocycles. The first-order chi connectivity index (χ1) is 10.9. The second-order valence-electron chi connectivity index (χ2n) is 5.81. The number of hydrogen-bond acceptors (Lipinski definition) is 3. The Morgan fingerprint density at radius 1 is 1.09 bits per heavy atom. The van der Waals surface area contributed by atoms with Crippen LogP contribution >= 0.6 is 11.6 Å². The molecule has 7 heteroatoms. The molecule has 1 aromatic rings. The Morgan fingerprint density at radius 3 is 2.35 bits per heavy atom. The van der Waals surface area contributed by atoms with Crippen molar-refractivity contribution in [2.45, 2.75) is 38.5 Å². The zero-order valence-corrected chi connectivity index (χ0v) is 13.4. The molecule has 0 saturated heterocycles. The van der Waals surface area contributed by atoms with Crippen LogP contribution in [0.2, 0.25) is 5.02 Å². The zero-order valence-electron chi connectivity index (χ0n) is 12.6. The molecule has 1 aliphatic carbocycles. The predicted octanol–water partition coefficient (Wildman–Crippen LogP) is 2.53. The molecule has 1 saturated carbocycles. The van der Waals surface area contributed by atoms with Crippen LogP contribution in [0.15, 0.2) is 24.3 Å². The van der Waals surface area contributed by atoms with E-state index in [1.807, 2.05) is 0 Å². The fraction of sp³-hybridized carbons (Fsp3) is 0.438. The van der Waals surface area contributed by atoms with Crippen molar-refractivity contribution in [3.05, 3.63) is 34.9 Å². The minimum absolute atomic E-state index is 0.148. The number of carboxylic acid groups (broad SMARTS) is 1. The van der Waals surface area contributed by atoms with Crippen molar-refractivity contribution < 1.29 is 19.5 Å². The van der Waals surface area contributed by atoms with Crippen molar-refractivity contribution >= 4 is 29.4 Å². The monoisotopic (exact) mass is 338 g/mol. The summed E-state index contributed by atoms with van der Waals surface area (Å²) in [6.07, 6.45) is 3.39. The number of nitrogens with one attached hydrogen (secondary N) is 2. The van der Waals surface area contributed by atoms with E-state index in [1.54, 1.807) is 18.2 Å². The number of aliphatic carboxylic acids is 1. The van der Waals surface area contributed by atoms with E-state index in [1.165, 1.54) is 6.07 Å². The summed E-state index contributed by atoms with van der Waals surface area (Å²) in [4.78, 5) is 35.5. The molecule has 1 aromatic carbocycles. The standard InChI is InChI=1S/C16H19ClN2O4/c17-12-7-3-2-6-11(12)14(21)19-18-13(20)10-16(15(22)23)8-4-1-5-9-16/h2-3,6-7H,1,4-5,8-10H2,(H,18,20)(H,19,21)(H,22,23). The molecule has 6 nitrogen and oxygen atoms in total. The van der Waals surface area contributed by atoms with E-state index < -0.39 is 23.2 Å². The molecule has 1 fully saturated rings. The SMILES string of the molecule is O=C(CC1(C(=O)O)CCCCC1)NNC(=O)c1ccccc1Cl. The van der Waals surface area contributed by atoms with Crippen molar-refractivity contribution in [1.29, 1.82) is 0 Å². The van der Waals surface area contributed by atoms with E-state index in [9.17, 15) is 19.5 Å². The Morgan fingerprint density at radius 2 is 1.74 bits per heavy atom. The lowest BCUT2D eigenvalue weighted by molar-refractivity contribution is -0.154. The molecule has 0 atom stereocenters. The van der Waals surface area contributed by atoms with Crippen LogP contribution in [-0.4, -0.2) is 22.9 Å². The van der Waals surface area contributed by atoms with Crippen LogP contribution in [0, 0.1) is 5.41 Å². The normalized spacial score (nSPS) is 16.4. The predicted molar refractivity (Wildman–Crippen MR) is 84.8 cm³/mol. The molecular formula is C16H19ClN2O4. The van der Waals surface area contributed by atoms with Gasteiger partial charge in [-0.25, -0.2) is 0 Å². The van der Waals surface area contributed by atoms with Gasteiger partial charge in [0.15, 0.2) is 0 Å². The maximum atomic E-state index is 12.0. The second kappa shape index (κ2) is 7.46. The number of amides is 2. The van der Waals surface area contributed by atoms with E-state index in [4.69, 9.17) is 11.6 Å². The number of carbonyl (C=O) groups is 3. The smallest absolute Gasteiger partial charge is 0.310 e. The maximum absolute atomic E-state index is 12.0. The second-order valence-corrected chi connectivity index (χ2v) is 6.21. The summed E-state index contributed by atoms with van der Waals surface area (Å²) in [5.41, 5.74) is 3.75. The van der Waals surface area contributed by atoms with Gasteiger partial charge in [0.2, 0.25) is 5.91 Å². The van der Waals surface area contributed by atoms with Gasteiger partial charge >= 0.3 is 5.97 Å². The lowest BCUT2D eigenvalue weighted by atomic mass is 9.72. The van der Waals surface area contributed by atoms with Crippen molar-refractivity contribution in [1.82, 2.24) is 10.9 Å². The van der Waals surface area contributed by atoms with E-state index >= 15 is 0 Å². The number of benzene rings is 1. The van der Waals surface area contributed by atoms with Crippen LogP contribution in [0.1, 0.15) is 48.9 Å². The molecule has 0 radical (unpaired) electrons. The number of halogens is 1. The van der Waals surface area contributed by atoms with Crippen LogP contribution in [0.3, 0.4) is 0 Å². The van der Waals surface area contributed by atoms with Crippen molar-refractivity contribution in [3.8, 4) is 0 Å². The molecule has 0 heterocycles. The van der Waals surface area contributed by atoms with Gasteiger partial charge in [-0.3, -0.25) is 25.2 Å². The lowest BCUT2D eigenvalue weighted by Crippen LogP contribution is -2.45. The zero-order chi connectivity index (χ0) is 16.9. The number of rotatable bonds is 4. The Balaban J connectivity index is 1.93. The lowest BCUT2D eigenvalue weighted by Gasteiger charge is -2.32. The van der Waals surface area contributed by atoms with Crippen molar-refractivity contribution in [2.24, 2.45) is 5.41 Å². The number of hydrogen-bond donors (Lipinski definition) is 3. The van der Waals surface area contributed by atoms with Crippen LogP contribution in [0.4, 0.5) is 0 Å². The van der Waals surface area contributed by atoms with Gasteiger partial charge in [-0.2, -0.15) is 0 Å². The Kier molecular flexibility index (Phi) is 5.60. The largest absolute Gasteiger partial charge is 0.481 e. The van der Waals surface area contributed by atoms with Gasteiger partial charge in [0.1, 0.15) is 0 Å². The summed E-state index contributed by atoms with van der Waals surface area (Å²) in [5.74, 6) is -2.02. The molecule has 0 unspecified atom stereocenters.